The van der Waals surface area contributed by atoms with Crippen molar-refractivity contribution in [3.05, 3.63) is 64.8 Å². The highest BCUT2D eigenvalue weighted by atomic mass is 16.5. The SMILES string of the molecule is COc1ccc(-c2noc(COc3ccc4ccc(=O)oc4c3)n2)cc1OC. The maximum Gasteiger partial charge on any atom is 0.336 e. The van der Waals surface area contributed by atoms with Crippen LogP contribution >= 0.6 is 0 Å². The van der Waals surface area contributed by atoms with Crippen LogP contribution in [0.25, 0.3) is 22.4 Å². The fourth-order valence-corrected chi connectivity index (χ4v) is 2.68. The van der Waals surface area contributed by atoms with E-state index in [9.17, 15) is 4.79 Å². The molecule has 28 heavy (non-hydrogen) atoms. The third-order valence-corrected chi connectivity index (χ3v) is 4.07. The van der Waals surface area contributed by atoms with Gasteiger partial charge in [0.15, 0.2) is 18.1 Å². The van der Waals surface area contributed by atoms with E-state index in [-0.39, 0.29) is 6.61 Å². The third kappa shape index (κ3) is 3.52. The molecule has 2 aromatic carbocycles. The van der Waals surface area contributed by atoms with E-state index in [0.717, 1.165) is 10.9 Å². The van der Waals surface area contributed by atoms with Crippen LogP contribution in [0.4, 0.5) is 0 Å². The van der Waals surface area contributed by atoms with E-state index < -0.39 is 5.63 Å². The first-order valence-electron chi connectivity index (χ1n) is 8.38. The van der Waals surface area contributed by atoms with Crippen LogP contribution < -0.4 is 19.8 Å². The number of fused-ring (bicyclic) bond motifs is 1. The minimum absolute atomic E-state index is 0.0723. The number of aromatic nitrogens is 2. The maximum atomic E-state index is 11.3. The molecule has 0 fully saturated rings. The number of nitrogens with zero attached hydrogens (tertiary/aromatic N) is 2. The van der Waals surface area contributed by atoms with E-state index in [4.69, 9.17) is 23.2 Å². The molecule has 8 nitrogen and oxygen atoms in total. The summed E-state index contributed by atoms with van der Waals surface area (Å²) in [5.41, 5.74) is 0.753. The van der Waals surface area contributed by atoms with E-state index in [1.165, 1.54) is 6.07 Å². The fourth-order valence-electron chi connectivity index (χ4n) is 2.68. The van der Waals surface area contributed by atoms with Crippen LogP contribution in [0.3, 0.4) is 0 Å². The number of ether oxygens (including phenoxy) is 3. The van der Waals surface area contributed by atoms with Crippen molar-refractivity contribution in [3.8, 4) is 28.6 Å². The second kappa shape index (κ2) is 7.43. The molecular weight excluding hydrogens is 364 g/mol. The highest BCUT2D eigenvalue weighted by Gasteiger charge is 2.13. The molecule has 2 aromatic heterocycles. The molecule has 8 heteroatoms. The molecule has 0 N–H and O–H groups in total. The van der Waals surface area contributed by atoms with Crippen molar-refractivity contribution in [2.75, 3.05) is 14.2 Å². The van der Waals surface area contributed by atoms with Crippen LogP contribution in [0.1, 0.15) is 5.89 Å². The second-order valence-electron chi connectivity index (χ2n) is 5.82. The summed E-state index contributed by atoms with van der Waals surface area (Å²) in [5.74, 6) is 2.41. The summed E-state index contributed by atoms with van der Waals surface area (Å²) in [6.45, 7) is 0.0723. The van der Waals surface area contributed by atoms with Crippen LogP contribution in [-0.4, -0.2) is 24.4 Å². The summed E-state index contributed by atoms with van der Waals surface area (Å²) in [6, 6.07) is 13.6. The topological polar surface area (TPSA) is 96.8 Å². The molecule has 0 radical (unpaired) electrons. The Kier molecular flexibility index (Phi) is 4.67. The monoisotopic (exact) mass is 380 g/mol. The Morgan fingerprint density at radius 1 is 0.964 bits per heavy atom. The summed E-state index contributed by atoms with van der Waals surface area (Å²) in [5, 5.41) is 4.77. The first-order chi connectivity index (χ1) is 13.7. The molecule has 0 aliphatic rings. The summed E-state index contributed by atoms with van der Waals surface area (Å²) in [7, 11) is 3.13. The minimum Gasteiger partial charge on any atom is -0.493 e. The smallest absolute Gasteiger partial charge is 0.336 e. The Labute approximate surface area is 159 Å². The quantitative estimate of drug-likeness (QED) is 0.469. The lowest BCUT2D eigenvalue weighted by Crippen LogP contribution is -1.97. The molecular formula is C20H16N2O6. The zero-order valence-electron chi connectivity index (χ0n) is 15.2. The standard InChI is InChI=1S/C20H16N2O6/c1-24-15-7-4-13(9-17(15)25-2)20-21-18(28-22-20)11-26-14-6-3-12-5-8-19(23)27-16(12)10-14/h3-10H,11H2,1-2H3. The zero-order chi connectivity index (χ0) is 19.5. The van der Waals surface area contributed by atoms with Gasteiger partial charge in [0.05, 0.1) is 14.2 Å². The van der Waals surface area contributed by atoms with E-state index in [0.29, 0.717) is 34.5 Å². The van der Waals surface area contributed by atoms with Gasteiger partial charge in [-0.25, -0.2) is 4.79 Å². The van der Waals surface area contributed by atoms with Gasteiger partial charge in [0.2, 0.25) is 5.82 Å². The number of hydrogen-bond acceptors (Lipinski definition) is 8. The lowest BCUT2D eigenvalue weighted by atomic mass is 10.2. The van der Waals surface area contributed by atoms with Crippen molar-refractivity contribution in [2.24, 2.45) is 0 Å². The second-order valence-corrected chi connectivity index (χ2v) is 5.82. The molecule has 0 amide bonds. The van der Waals surface area contributed by atoms with Crippen LogP contribution in [-0.2, 0) is 6.61 Å². The lowest BCUT2D eigenvalue weighted by molar-refractivity contribution is 0.243. The number of rotatable bonds is 6. The van der Waals surface area contributed by atoms with E-state index >= 15 is 0 Å². The van der Waals surface area contributed by atoms with E-state index in [1.807, 2.05) is 6.07 Å². The number of benzene rings is 2. The third-order valence-electron chi connectivity index (χ3n) is 4.07. The molecule has 4 rings (SSSR count). The highest BCUT2D eigenvalue weighted by Crippen LogP contribution is 2.31. The molecule has 142 valence electrons. The van der Waals surface area contributed by atoms with Gasteiger partial charge in [0.1, 0.15) is 11.3 Å². The van der Waals surface area contributed by atoms with E-state index in [1.54, 1.807) is 50.6 Å². The molecule has 2 heterocycles. The molecule has 0 saturated heterocycles. The zero-order valence-corrected chi connectivity index (χ0v) is 15.2. The van der Waals surface area contributed by atoms with Crippen LogP contribution in [0, 0.1) is 0 Å². The predicted octanol–water partition coefficient (Wildman–Crippen LogP) is 3.44. The largest absolute Gasteiger partial charge is 0.493 e. The molecule has 0 spiro atoms. The Morgan fingerprint density at radius 2 is 1.79 bits per heavy atom. The van der Waals surface area contributed by atoms with Gasteiger partial charge in [-0.1, -0.05) is 5.16 Å². The van der Waals surface area contributed by atoms with Gasteiger partial charge in [-0.3, -0.25) is 0 Å². The highest BCUT2D eigenvalue weighted by molar-refractivity contribution is 5.77. The minimum atomic E-state index is -0.416. The Balaban J connectivity index is 1.50. The maximum absolute atomic E-state index is 11.3. The van der Waals surface area contributed by atoms with Gasteiger partial charge < -0.3 is 23.2 Å². The number of methoxy groups -OCH3 is 2. The molecule has 0 aliphatic carbocycles. The summed E-state index contributed by atoms with van der Waals surface area (Å²) >= 11 is 0. The molecule has 0 aliphatic heterocycles. The van der Waals surface area contributed by atoms with Crippen molar-refractivity contribution in [1.82, 2.24) is 10.1 Å². The van der Waals surface area contributed by atoms with Crippen LogP contribution in [0.15, 0.2) is 62.3 Å². The molecule has 0 saturated carbocycles. The van der Waals surface area contributed by atoms with Gasteiger partial charge >= 0.3 is 5.63 Å². The van der Waals surface area contributed by atoms with Crippen molar-refractivity contribution in [2.45, 2.75) is 6.61 Å². The first-order valence-corrected chi connectivity index (χ1v) is 8.38. The fraction of sp³-hybridized carbons (Fsp3) is 0.150. The Hall–Kier alpha value is -3.81. The number of hydrogen-bond donors (Lipinski definition) is 0. The van der Waals surface area contributed by atoms with Crippen LogP contribution in [0.5, 0.6) is 17.2 Å². The average molecular weight is 380 g/mol. The average Bonchev–Trinajstić information content (AvgIpc) is 3.20. The predicted molar refractivity (Wildman–Crippen MR) is 99.7 cm³/mol. The summed E-state index contributed by atoms with van der Waals surface area (Å²) in [4.78, 5) is 15.7. The van der Waals surface area contributed by atoms with Crippen molar-refractivity contribution < 1.29 is 23.2 Å². The van der Waals surface area contributed by atoms with Gasteiger partial charge in [0.25, 0.3) is 5.89 Å². The van der Waals surface area contributed by atoms with Crippen molar-refractivity contribution >= 4 is 11.0 Å². The first kappa shape index (κ1) is 17.6. The van der Waals surface area contributed by atoms with Gasteiger partial charge in [0, 0.05) is 23.1 Å². The van der Waals surface area contributed by atoms with Gasteiger partial charge in [-0.05, 0) is 36.4 Å². The van der Waals surface area contributed by atoms with Gasteiger partial charge in [-0.2, -0.15) is 4.98 Å². The van der Waals surface area contributed by atoms with E-state index in [2.05, 4.69) is 10.1 Å². The van der Waals surface area contributed by atoms with Crippen molar-refractivity contribution in [1.29, 1.82) is 0 Å². The Bertz CT molecular complexity index is 1180. The molecule has 0 bridgehead atoms. The molecule has 0 atom stereocenters. The van der Waals surface area contributed by atoms with Crippen LogP contribution in [0.2, 0.25) is 0 Å². The molecule has 0 unspecified atom stereocenters. The molecule has 4 aromatic rings. The lowest BCUT2D eigenvalue weighted by Gasteiger charge is -2.07. The van der Waals surface area contributed by atoms with Gasteiger partial charge in [-0.15, -0.1) is 0 Å². The normalized spacial score (nSPS) is 10.8. The Morgan fingerprint density at radius 3 is 2.61 bits per heavy atom. The van der Waals surface area contributed by atoms with Crippen molar-refractivity contribution in [3.63, 3.8) is 0 Å². The summed E-state index contributed by atoms with van der Waals surface area (Å²) in [6.07, 6.45) is 0. The summed E-state index contributed by atoms with van der Waals surface area (Å²) < 4.78 is 26.6.